The van der Waals surface area contributed by atoms with E-state index in [1.165, 1.54) is 18.2 Å². The van der Waals surface area contributed by atoms with Gasteiger partial charge in [0.25, 0.3) is 17.7 Å². The van der Waals surface area contributed by atoms with Gasteiger partial charge >= 0.3 is 0 Å². The van der Waals surface area contributed by atoms with Gasteiger partial charge in [0.2, 0.25) is 0 Å². The molecule has 9 nitrogen and oxygen atoms in total. The molecule has 3 amide bonds. The molecule has 0 aliphatic rings. The molecular formula is C27H15Cl6N3O6. The first-order valence-electron chi connectivity index (χ1n) is 11.4. The highest BCUT2D eigenvalue weighted by Crippen LogP contribution is 2.37. The Bertz CT molecular complexity index is 1500. The van der Waals surface area contributed by atoms with Gasteiger partial charge in [-0.05, 0) is 18.2 Å². The largest absolute Gasteiger partial charge is 0.508 e. The fourth-order valence-electron chi connectivity index (χ4n) is 3.62. The minimum Gasteiger partial charge on any atom is -0.508 e. The fourth-order valence-corrected chi connectivity index (χ4v) is 5.33. The second kappa shape index (κ2) is 12.7. The van der Waals surface area contributed by atoms with Crippen LogP contribution >= 0.6 is 69.6 Å². The lowest BCUT2D eigenvalue weighted by atomic mass is 10.0. The third-order valence-corrected chi connectivity index (χ3v) is 7.30. The molecule has 42 heavy (non-hydrogen) atoms. The molecule has 0 fully saturated rings. The number of nitrogens with one attached hydrogen (secondary N) is 3. The molecule has 0 aromatic heterocycles. The topological polar surface area (TPSA) is 148 Å². The molecular weight excluding hydrogens is 675 g/mol. The van der Waals surface area contributed by atoms with Crippen LogP contribution in [0.3, 0.4) is 0 Å². The zero-order valence-corrected chi connectivity index (χ0v) is 25.1. The van der Waals surface area contributed by atoms with Crippen LogP contribution in [-0.2, 0) is 0 Å². The minimum atomic E-state index is -0.824. The maximum Gasteiger partial charge on any atom is 0.255 e. The lowest BCUT2D eigenvalue weighted by Gasteiger charge is -2.14. The second-order valence-electron chi connectivity index (χ2n) is 8.51. The number of hydrogen-bond acceptors (Lipinski definition) is 6. The first kappa shape index (κ1) is 31.4. The summed E-state index contributed by atoms with van der Waals surface area (Å²) in [5.41, 5.74) is -0.650. The maximum atomic E-state index is 13.3. The Labute approximate surface area is 267 Å². The number of rotatable bonds is 6. The van der Waals surface area contributed by atoms with Crippen LogP contribution in [0.15, 0.2) is 54.6 Å². The van der Waals surface area contributed by atoms with Crippen LogP contribution in [-0.4, -0.2) is 33.0 Å². The highest BCUT2D eigenvalue weighted by Gasteiger charge is 2.21. The normalized spacial score (nSPS) is 10.7. The molecule has 4 rings (SSSR count). The van der Waals surface area contributed by atoms with Crippen molar-refractivity contribution in [2.75, 3.05) is 16.0 Å². The molecule has 0 bridgehead atoms. The van der Waals surface area contributed by atoms with Gasteiger partial charge < -0.3 is 31.3 Å². The van der Waals surface area contributed by atoms with Crippen molar-refractivity contribution in [3.63, 3.8) is 0 Å². The van der Waals surface area contributed by atoms with Gasteiger partial charge in [-0.2, -0.15) is 0 Å². The van der Waals surface area contributed by atoms with Gasteiger partial charge in [0.1, 0.15) is 17.2 Å². The highest BCUT2D eigenvalue weighted by atomic mass is 35.5. The summed E-state index contributed by atoms with van der Waals surface area (Å²) in [6.45, 7) is 0. The Morgan fingerprint density at radius 3 is 0.786 bits per heavy atom. The number of benzene rings is 4. The average Bonchev–Trinajstić information content (AvgIpc) is 2.89. The van der Waals surface area contributed by atoms with Crippen LogP contribution in [0.4, 0.5) is 17.1 Å². The number of aromatic hydroxyl groups is 3. The highest BCUT2D eigenvalue weighted by molar-refractivity contribution is 6.42. The summed E-state index contributed by atoms with van der Waals surface area (Å²) in [4.78, 5) is 39.8. The van der Waals surface area contributed by atoms with Gasteiger partial charge in [-0.3, -0.25) is 14.4 Å². The Morgan fingerprint density at radius 1 is 0.405 bits per heavy atom. The predicted octanol–water partition coefficient (Wildman–Crippen LogP) is 8.48. The van der Waals surface area contributed by atoms with Gasteiger partial charge in [0.05, 0.1) is 47.2 Å². The standard InChI is InChI=1S/C27H15Cl6N3O6/c28-16-4-13(37)5-17(29)22(16)34-25(40)10-1-11(26(41)35-23-18(30)6-14(38)7-19(23)31)3-12(2-10)27(42)36-24-20(32)8-15(39)9-21(24)33/h1-9,37-39H,(H,34,40)(H,35,41)(H,36,42). The molecule has 0 atom stereocenters. The SMILES string of the molecule is O=C(Nc1c(Cl)cc(O)cc1Cl)c1cc(C(=O)Nc2c(Cl)cc(O)cc2Cl)cc(C(=O)Nc2c(Cl)cc(O)cc2Cl)c1. The van der Waals surface area contributed by atoms with E-state index in [9.17, 15) is 29.7 Å². The van der Waals surface area contributed by atoms with Gasteiger partial charge in [-0.1, -0.05) is 69.6 Å². The predicted molar refractivity (Wildman–Crippen MR) is 165 cm³/mol. The Morgan fingerprint density at radius 2 is 0.595 bits per heavy atom. The van der Waals surface area contributed by atoms with E-state index in [2.05, 4.69) is 16.0 Å². The van der Waals surface area contributed by atoms with Crippen LogP contribution in [0.2, 0.25) is 30.1 Å². The van der Waals surface area contributed by atoms with Gasteiger partial charge in [0.15, 0.2) is 0 Å². The molecule has 0 aliphatic heterocycles. The van der Waals surface area contributed by atoms with Crippen LogP contribution < -0.4 is 16.0 Å². The molecule has 6 N–H and O–H groups in total. The molecule has 4 aromatic carbocycles. The number of hydrogen-bond donors (Lipinski definition) is 6. The van der Waals surface area contributed by atoms with Crippen molar-refractivity contribution in [2.24, 2.45) is 0 Å². The number of anilines is 3. The molecule has 0 aliphatic carbocycles. The summed E-state index contributed by atoms with van der Waals surface area (Å²) in [6, 6.07) is 10.4. The van der Waals surface area contributed by atoms with E-state index in [1.54, 1.807) is 0 Å². The maximum absolute atomic E-state index is 13.3. The number of carbonyl (C=O) groups is 3. The summed E-state index contributed by atoms with van der Waals surface area (Å²) in [7, 11) is 0. The van der Waals surface area contributed by atoms with E-state index in [-0.39, 0.29) is 81.1 Å². The molecule has 15 heteroatoms. The number of halogens is 6. The van der Waals surface area contributed by atoms with Crippen LogP contribution in [0, 0.1) is 0 Å². The molecule has 0 radical (unpaired) electrons. The third kappa shape index (κ3) is 7.07. The zero-order chi connectivity index (χ0) is 30.9. The number of carbonyl (C=O) groups excluding carboxylic acids is 3. The molecule has 0 saturated carbocycles. The Balaban J connectivity index is 1.75. The van der Waals surface area contributed by atoms with Crippen LogP contribution in [0.5, 0.6) is 17.2 Å². The van der Waals surface area contributed by atoms with E-state index in [0.29, 0.717) is 0 Å². The van der Waals surface area contributed by atoms with E-state index in [0.717, 1.165) is 36.4 Å². The molecule has 0 saturated heterocycles. The Hall–Kier alpha value is -3.57. The van der Waals surface area contributed by atoms with Crippen molar-refractivity contribution in [3.05, 3.63) is 101 Å². The van der Waals surface area contributed by atoms with Gasteiger partial charge in [0, 0.05) is 53.1 Å². The van der Waals surface area contributed by atoms with Crippen molar-refractivity contribution in [1.29, 1.82) is 0 Å². The quantitative estimate of drug-likeness (QED) is 0.112. The summed E-state index contributed by atoms with van der Waals surface area (Å²) in [5.74, 6) is -3.19. The van der Waals surface area contributed by atoms with Gasteiger partial charge in [-0.25, -0.2) is 0 Å². The lowest BCUT2D eigenvalue weighted by molar-refractivity contribution is 0.102. The summed E-state index contributed by atoms with van der Waals surface area (Å²) in [5, 5.41) is 36.0. The van der Waals surface area contributed by atoms with Crippen LogP contribution in [0.25, 0.3) is 0 Å². The van der Waals surface area contributed by atoms with E-state index < -0.39 is 17.7 Å². The summed E-state index contributed by atoms with van der Waals surface area (Å²) in [6.07, 6.45) is 0. The van der Waals surface area contributed by atoms with Gasteiger partial charge in [-0.15, -0.1) is 0 Å². The third-order valence-electron chi connectivity index (χ3n) is 5.52. The summed E-state index contributed by atoms with van der Waals surface area (Å²) < 4.78 is 0. The van der Waals surface area contributed by atoms with Crippen molar-refractivity contribution in [3.8, 4) is 17.2 Å². The van der Waals surface area contributed by atoms with Crippen molar-refractivity contribution in [1.82, 2.24) is 0 Å². The van der Waals surface area contributed by atoms with Crippen molar-refractivity contribution < 1.29 is 29.7 Å². The average molecular weight is 690 g/mol. The first-order chi connectivity index (χ1) is 19.7. The van der Waals surface area contributed by atoms with E-state index in [4.69, 9.17) is 69.6 Å². The minimum absolute atomic E-state index is 0.0349. The number of phenolic OH excluding ortho intramolecular Hbond substituents is 3. The first-order valence-corrected chi connectivity index (χ1v) is 13.6. The summed E-state index contributed by atoms with van der Waals surface area (Å²) >= 11 is 36.7. The molecule has 0 heterocycles. The van der Waals surface area contributed by atoms with Crippen molar-refractivity contribution in [2.45, 2.75) is 0 Å². The second-order valence-corrected chi connectivity index (χ2v) is 11.0. The molecule has 4 aromatic rings. The molecule has 0 spiro atoms. The van der Waals surface area contributed by atoms with Crippen LogP contribution in [0.1, 0.15) is 31.1 Å². The number of amides is 3. The van der Waals surface area contributed by atoms with E-state index >= 15 is 0 Å². The zero-order valence-electron chi connectivity index (χ0n) is 20.5. The number of phenols is 3. The van der Waals surface area contributed by atoms with E-state index in [1.807, 2.05) is 0 Å². The lowest BCUT2D eigenvalue weighted by Crippen LogP contribution is -2.20. The smallest absolute Gasteiger partial charge is 0.255 e. The monoisotopic (exact) mass is 687 g/mol. The fraction of sp³-hybridized carbons (Fsp3) is 0. The molecule has 0 unspecified atom stereocenters. The molecule has 216 valence electrons. The Kier molecular flexibility index (Phi) is 9.52. The van der Waals surface area contributed by atoms with Crippen molar-refractivity contribution >= 4 is 104 Å².